The molecule has 0 unspecified atom stereocenters. The number of thioether (sulfide) groups is 1. The van der Waals surface area contributed by atoms with Crippen LogP contribution in [0.4, 0.5) is 11.5 Å². The fraction of sp³-hybridized carbons (Fsp3) is 0.381. The average molecular weight is 429 g/mol. The van der Waals surface area contributed by atoms with E-state index in [1.54, 1.807) is 23.3 Å². The largest absolute Gasteiger partial charge is 0.383 e. The minimum atomic E-state index is -0.0119. The Morgan fingerprint density at radius 1 is 1.34 bits per heavy atom. The van der Waals surface area contributed by atoms with Gasteiger partial charge in [0.2, 0.25) is 5.91 Å². The first-order valence-corrected chi connectivity index (χ1v) is 11.4. The van der Waals surface area contributed by atoms with Crippen molar-refractivity contribution in [3.05, 3.63) is 40.8 Å². The van der Waals surface area contributed by atoms with Gasteiger partial charge in [0.15, 0.2) is 5.16 Å². The van der Waals surface area contributed by atoms with Crippen LogP contribution in [-0.4, -0.2) is 34.8 Å². The van der Waals surface area contributed by atoms with Crippen molar-refractivity contribution in [2.75, 3.05) is 23.4 Å². The predicted molar refractivity (Wildman–Crippen MR) is 120 cm³/mol. The molecule has 0 bridgehead atoms. The van der Waals surface area contributed by atoms with Crippen LogP contribution in [0.15, 0.2) is 35.5 Å². The van der Waals surface area contributed by atoms with E-state index >= 15 is 0 Å². The SMILES string of the molecule is CC(C)[C@H]1Cc2c(sc3nc(SCC(=O)N(C)c4ccccc4)nc(N)c23)CO1. The molecule has 8 heteroatoms. The molecule has 29 heavy (non-hydrogen) atoms. The van der Waals surface area contributed by atoms with Crippen LogP contribution in [0, 0.1) is 5.92 Å². The second-order valence-corrected chi connectivity index (χ2v) is 9.48. The minimum absolute atomic E-state index is 0.0119. The quantitative estimate of drug-likeness (QED) is 0.486. The number of carbonyl (C=O) groups excluding carboxylic acids is 1. The monoisotopic (exact) mass is 428 g/mol. The number of para-hydroxylation sites is 1. The van der Waals surface area contributed by atoms with Crippen molar-refractivity contribution < 1.29 is 9.53 Å². The summed E-state index contributed by atoms with van der Waals surface area (Å²) in [5.41, 5.74) is 8.40. The molecule has 6 nitrogen and oxygen atoms in total. The number of nitrogens with two attached hydrogens (primary N) is 1. The van der Waals surface area contributed by atoms with E-state index in [-0.39, 0.29) is 17.8 Å². The number of hydrogen-bond acceptors (Lipinski definition) is 7. The van der Waals surface area contributed by atoms with Gasteiger partial charge in [-0.05, 0) is 23.6 Å². The summed E-state index contributed by atoms with van der Waals surface area (Å²) in [5.74, 6) is 1.17. The normalized spacial score (nSPS) is 16.2. The molecule has 1 amide bonds. The maximum atomic E-state index is 12.5. The number of thiophene rings is 1. The van der Waals surface area contributed by atoms with Crippen LogP contribution < -0.4 is 10.6 Å². The number of aromatic nitrogens is 2. The Balaban J connectivity index is 1.52. The number of carbonyl (C=O) groups is 1. The number of nitrogens with zero attached hydrogens (tertiary/aromatic N) is 3. The number of hydrogen-bond donors (Lipinski definition) is 1. The molecule has 2 N–H and O–H groups in total. The molecule has 0 radical (unpaired) electrons. The number of nitrogen functional groups attached to an aromatic ring is 1. The molecule has 4 rings (SSSR count). The zero-order valence-corrected chi connectivity index (χ0v) is 18.3. The van der Waals surface area contributed by atoms with Crippen LogP contribution >= 0.6 is 23.1 Å². The van der Waals surface area contributed by atoms with Crippen molar-refractivity contribution in [2.24, 2.45) is 5.92 Å². The summed E-state index contributed by atoms with van der Waals surface area (Å²) in [5, 5.41) is 1.49. The van der Waals surface area contributed by atoms with Gasteiger partial charge in [0, 0.05) is 24.0 Å². The molecule has 0 saturated heterocycles. The molecular weight excluding hydrogens is 404 g/mol. The molecule has 0 spiro atoms. The first kappa shape index (κ1) is 20.1. The minimum Gasteiger partial charge on any atom is -0.383 e. The van der Waals surface area contributed by atoms with Gasteiger partial charge in [-0.15, -0.1) is 11.3 Å². The number of rotatable bonds is 5. The first-order valence-electron chi connectivity index (χ1n) is 9.57. The third-order valence-electron chi connectivity index (χ3n) is 5.16. The van der Waals surface area contributed by atoms with E-state index in [4.69, 9.17) is 10.5 Å². The lowest BCUT2D eigenvalue weighted by molar-refractivity contribution is -0.115. The van der Waals surface area contributed by atoms with Crippen LogP contribution in [0.5, 0.6) is 0 Å². The molecule has 3 aromatic rings. The van der Waals surface area contributed by atoms with E-state index in [1.165, 1.54) is 22.2 Å². The standard InChI is InChI=1S/C21H24N4O2S2/c1-12(2)15-9-14-16(10-27-15)29-20-18(14)19(22)23-21(24-20)28-11-17(26)25(3)13-7-5-4-6-8-13/h4-8,12,15H,9-11H2,1-3H3,(H2,22,23,24)/t15-/m1/s1. The van der Waals surface area contributed by atoms with Crippen LogP contribution in [-0.2, 0) is 22.6 Å². The summed E-state index contributed by atoms with van der Waals surface area (Å²) in [4.78, 5) is 25.4. The molecule has 1 aliphatic heterocycles. The van der Waals surface area contributed by atoms with Gasteiger partial charge in [-0.2, -0.15) is 0 Å². The van der Waals surface area contributed by atoms with Gasteiger partial charge in [0.1, 0.15) is 10.6 Å². The summed E-state index contributed by atoms with van der Waals surface area (Å²) in [7, 11) is 1.77. The van der Waals surface area contributed by atoms with Gasteiger partial charge in [0.05, 0.1) is 23.8 Å². The van der Waals surface area contributed by atoms with Gasteiger partial charge in [-0.3, -0.25) is 4.79 Å². The Labute approximate surface area is 178 Å². The summed E-state index contributed by atoms with van der Waals surface area (Å²) >= 11 is 2.93. The number of anilines is 2. The molecule has 1 aromatic carbocycles. The molecule has 152 valence electrons. The van der Waals surface area contributed by atoms with Crippen LogP contribution in [0.1, 0.15) is 24.3 Å². The predicted octanol–water partition coefficient (Wildman–Crippen LogP) is 4.13. The van der Waals surface area contributed by atoms with Crippen molar-refractivity contribution in [2.45, 2.75) is 38.1 Å². The van der Waals surface area contributed by atoms with Gasteiger partial charge in [0.25, 0.3) is 0 Å². The molecule has 2 aromatic heterocycles. The fourth-order valence-electron chi connectivity index (χ4n) is 3.40. The Hall–Kier alpha value is -2.16. The van der Waals surface area contributed by atoms with Crippen molar-refractivity contribution in [3.8, 4) is 0 Å². The average Bonchev–Trinajstić information content (AvgIpc) is 3.10. The van der Waals surface area contributed by atoms with Gasteiger partial charge in [-0.25, -0.2) is 9.97 Å². The highest BCUT2D eigenvalue weighted by atomic mass is 32.2. The summed E-state index contributed by atoms with van der Waals surface area (Å²) in [6, 6.07) is 9.57. The second-order valence-electron chi connectivity index (χ2n) is 7.45. The maximum absolute atomic E-state index is 12.5. The van der Waals surface area contributed by atoms with E-state index in [0.29, 0.717) is 23.5 Å². The molecule has 0 saturated carbocycles. The third-order valence-corrected chi connectivity index (χ3v) is 7.09. The molecule has 0 aliphatic carbocycles. The highest BCUT2D eigenvalue weighted by Crippen LogP contribution is 2.39. The van der Waals surface area contributed by atoms with Crippen LogP contribution in [0.3, 0.4) is 0 Å². The zero-order chi connectivity index (χ0) is 20.5. The lowest BCUT2D eigenvalue weighted by atomic mass is 9.96. The van der Waals surface area contributed by atoms with Gasteiger partial charge in [-0.1, -0.05) is 43.8 Å². The number of fused-ring (bicyclic) bond motifs is 3. The molecule has 3 heterocycles. The fourth-order valence-corrected chi connectivity index (χ4v) is 5.35. The second kappa shape index (κ2) is 8.30. The topological polar surface area (TPSA) is 81.3 Å². The Kier molecular flexibility index (Phi) is 5.76. The third kappa shape index (κ3) is 4.10. The van der Waals surface area contributed by atoms with Crippen molar-refractivity contribution in [1.82, 2.24) is 9.97 Å². The summed E-state index contributed by atoms with van der Waals surface area (Å²) in [6.07, 6.45) is 1.04. The first-order chi connectivity index (χ1) is 13.9. The van der Waals surface area contributed by atoms with Crippen LogP contribution in [0.2, 0.25) is 0 Å². The highest BCUT2D eigenvalue weighted by Gasteiger charge is 2.27. The maximum Gasteiger partial charge on any atom is 0.237 e. The lowest BCUT2D eigenvalue weighted by Gasteiger charge is -2.26. The molecule has 1 atom stereocenters. The smallest absolute Gasteiger partial charge is 0.237 e. The van der Waals surface area contributed by atoms with E-state index in [2.05, 4.69) is 23.8 Å². The van der Waals surface area contributed by atoms with E-state index in [1.807, 2.05) is 30.3 Å². The molecule has 1 aliphatic rings. The Morgan fingerprint density at radius 3 is 2.83 bits per heavy atom. The molecular formula is C21H24N4O2S2. The summed E-state index contributed by atoms with van der Waals surface area (Å²) < 4.78 is 5.98. The van der Waals surface area contributed by atoms with Gasteiger partial charge < -0.3 is 15.4 Å². The van der Waals surface area contributed by atoms with E-state index in [0.717, 1.165) is 22.3 Å². The summed E-state index contributed by atoms with van der Waals surface area (Å²) in [6.45, 7) is 4.94. The van der Waals surface area contributed by atoms with Crippen molar-refractivity contribution in [3.63, 3.8) is 0 Å². The number of amides is 1. The van der Waals surface area contributed by atoms with Gasteiger partial charge >= 0.3 is 0 Å². The zero-order valence-electron chi connectivity index (χ0n) is 16.7. The van der Waals surface area contributed by atoms with Crippen molar-refractivity contribution >= 4 is 50.7 Å². The van der Waals surface area contributed by atoms with E-state index in [9.17, 15) is 4.79 Å². The lowest BCUT2D eigenvalue weighted by Crippen LogP contribution is -2.27. The Morgan fingerprint density at radius 2 is 2.10 bits per heavy atom. The highest BCUT2D eigenvalue weighted by molar-refractivity contribution is 7.99. The van der Waals surface area contributed by atoms with E-state index < -0.39 is 0 Å². The number of ether oxygens (including phenoxy) is 1. The number of benzene rings is 1. The Bertz CT molecular complexity index is 1040. The molecule has 0 fully saturated rings. The van der Waals surface area contributed by atoms with Crippen molar-refractivity contribution in [1.29, 1.82) is 0 Å². The van der Waals surface area contributed by atoms with Crippen LogP contribution in [0.25, 0.3) is 10.2 Å².